The molecule has 6 heteroatoms. The van der Waals surface area contributed by atoms with Crippen LogP contribution in [0.3, 0.4) is 0 Å². The molecule has 0 aliphatic carbocycles. The van der Waals surface area contributed by atoms with Crippen molar-refractivity contribution in [1.29, 1.82) is 0 Å². The number of amides is 1. The normalized spacial score (nSPS) is 13.7. The first-order valence-electron chi connectivity index (χ1n) is 9.26. The third kappa shape index (κ3) is 3.69. The first-order chi connectivity index (χ1) is 13.2. The van der Waals surface area contributed by atoms with Gasteiger partial charge in [0.05, 0.1) is 5.69 Å². The molecule has 3 aromatic rings. The van der Waals surface area contributed by atoms with E-state index in [9.17, 15) is 4.79 Å². The van der Waals surface area contributed by atoms with Crippen LogP contribution in [-0.2, 0) is 6.54 Å². The number of rotatable bonds is 5. The van der Waals surface area contributed by atoms with Gasteiger partial charge in [0, 0.05) is 37.9 Å². The molecule has 0 atom stereocenters. The van der Waals surface area contributed by atoms with Crippen molar-refractivity contribution in [2.45, 2.75) is 19.4 Å². The van der Waals surface area contributed by atoms with E-state index in [0.29, 0.717) is 12.1 Å². The Balaban J connectivity index is 1.48. The Labute approximate surface area is 159 Å². The lowest BCUT2D eigenvalue weighted by Gasteiger charge is -2.24. The highest BCUT2D eigenvalue weighted by Crippen LogP contribution is 2.25. The fraction of sp³-hybridized carbons (Fsp3) is 0.286. The van der Waals surface area contributed by atoms with Gasteiger partial charge in [0.25, 0.3) is 5.91 Å². The van der Waals surface area contributed by atoms with E-state index in [1.807, 2.05) is 37.4 Å². The smallest absolute Gasteiger partial charge is 0.253 e. The molecule has 2 aromatic carbocycles. The molecule has 0 spiro atoms. The topological polar surface area (TPSA) is 54.3 Å². The third-order valence-electron chi connectivity index (χ3n) is 4.99. The minimum atomic E-state index is 0.0105. The molecule has 1 saturated heterocycles. The van der Waals surface area contributed by atoms with E-state index in [0.717, 1.165) is 18.8 Å². The highest BCUT2D eigenvalue weighted by atomic mass is 16.2. The molecule has 138 valence electrons. The quantitative estimate of drug-likeness (QED) is 0.701. The summed E-state index contributed by atoms with van der Waals surface area (Å²) in [6, 6.07) is 15.8. The number of hydrogen-bond donors (Lipinski definition) is 0. The van der Waals surface area contributed by atoms with Gasteiger partial charge in [0.1, 0.15) is 12.7 Å². The van der Waals surface area contributed by atoms with Crippen molar-refractivity contribution in [3.8, 4) is 5.69 Å². The Hall–Kier alpha value is -3.15. The zero-order valence-electron chi connectivity index (χ0n) is 15.5. The van der Waals surface area contributed by atoms with Crippen molar-refractivity contribution in [2.24, 2.45) is 0 Å². The molecule has 1 aliphatic rings. The van der Waals surface area contributed by atoms with Crippen LogP contribution in [-0.4, -0.2) is 45.7 Å². The first-order valence-corrected chi connectivity index (χ1v) is 9.26. The summed E-state index contributed by atoms with van der Waals surface area (Å²) in [4.78, 5) is 21.0. The lowest BCUT2D eigenvalue weighted by atomic mass is 10.1. The van der Waals surface area contributed by atoms with Crippen LogP contribution in [0, 0.1) is 0 Å². The molecule has 0 radical (unpaired) electrons. The van der Waals surface area contributed by atoms with Crippen molar-refractivity contribution in [2.75, 3.05) is 25.0 Å². The fourth-order valence-corrected chi connectivity index (χ4v) is 3.56. The van der Waals surface area contributed by atoms with Crippen molar-refractivity contribution >= 4 is 11.6 Å². The van der Waals surface area contributed by atoms with E-state index in [2.05, 4.69) is 33.2 Å². The lowest BCUT2D eigenvalue weighted by molar-refractivity contribution is 0.0785. The molecule has 0 bridgehead atoms. The Morgan fingerprint density at radius 1 is 1.07 bits per heavy atom. The monoisotopic (exact) mass is 361 g/mol. The predicted molar refractivity (Wildman–Crippen MR) is 105 cm³/mol. The molecular weight excluding hydrogens is 338 g/mol. The molecule has 1 aromatic heterocycles. The molecule has 0 saturated carbocycles. The van der Waals surface area contributed by atoms with Gasteiger partial charge in [-0.25, -0.2) is 9.67 Å². The summed E-state index contributed by atoms with van der Waals surface area (Å²) in [6.45, 7) is 2.78. The van der Waals surface area contributed by atoms with Crippen molar-refractivity contribution in [3.63, 3.8) is 0 Å². The average molecular weight is 361 g/mol. The molecule has 27 heavy (non-hydrogen) atoms. The van der Waals surface area contributed by atoms with E-state index in [1.54, 1.807) is 15.9 Å². The summed E-state index contributed by atoms with van der Waals surface area (Å²) in [5.74, 6) is 0.0105. The summed E-state index contributed by atoms with van der Waals surface area (Å²) in [5, 5.41) is 4.10. The second-order valence-electron chi connectivity index (χ2n) is 6.87. The third-order valence-corrected chi connectivity index (χ3v) is 4.99. The van der Waals surface area contributed by atoms with Crippen molar-refractivity contribution in [3.05, 3.63) is 72.3 Å². The zero-order chi connectivity index (χ0) is 18.6. The number of para-hydroxylation sites is 1. The number of carbonyl (C=O) groups is 1. The molecular formula is C21H23N5O. The van der Waals surface area contributed by atoms with E-state index < -0.39 is 0 Å². The number of hydrogen-bond acceptors (Lipinski definition) is 4. The summed E-state index contributed by atoms with van der Waals surface area (Å²) >= 11 is 0. The van der Waals surface area contributed by atoms with Crippen LogP contribution in [0.5, 0.6) is 0 Å². The largest absolute Gasteiger partial charge is 0.371 e. The number of carbonyl (C=O) groups excluding carboxylic acids is 1. The minimum Gasteiger partial charge on any atom is -0.371 e. The van der Waals surface area contributed by atoms with Gasteiger partial charge < -0.3 is 9.80 Å². The number of anilines is 1. The van der Waals surface area contributed by atoms with E-state index in [-0.39, 0.29) is 5.91 Å². The zero-order valence-corrected chi connectivity index (χ0v) is 15.5. The van der Waals surface area contributed by atoms with Gasteiger partial charge in [-0.3, -0.25) is 4.79 Å². The molecule has 0 unspecified atom stereocenters. The van der Waals surface area contributed by atoms with Gasteiger partial charge in [0.15, 0.2) is 0 Å². The van der Waals surface area contributed by atoms with Crippen LogP contribution in [0.2, 0.25) is 0 Å². The molecule has 6 nitrogen and oxygen atoms in total. The molecule has 1 amide bonds. The highest BCUT2D eigenvalue weighted by molar-refractivity contribution is 5.94. The molecule has 0 N–H and O–H groups in total. The van der Waals surface area contributed by atoms with Crippen LogP contribution >= 0.6 is 0 Å². The second-order valence-corrected chi connectivity index (χ2v) is 6.87. The fourth-order valence-electron chi connectivity index (χ4n) is 3.56. The predicted octanol–water partition coefficient (Wildman–Crippen LogP) is 3.14. The molecule has 4 rings (SSSR count). The standard InChI is InChI=1S/C21H23N5O/c1-24(14-18-6-2-3-7-20(18)25-12-4-5-13-25)21(27)17-8-10-19(11-9-17)26-16-22-15-23-26/h2-3,6-11,15-16H,4-5,12-14H2,1H3. The highest BCUT2D eigenvalue weighted by Gasteiger charge is 2.18. The molecule has 1 aliphatic heterocycles. The van der Waals surface area contributed by atoms with Crippen LogP contribution in [0.15, 0.2) is 61.2 Å². The maximum Gasteiger partial charge on any atom is 0.253 e. The Morgan fingerprint density at radius 3 is 2.52 bits per heavy atom. The van der Waals surface area contributed by atoms with Crippen molar-refractivity contribution < 1.29 is 4.79 Å². The average Bonchev–Trinajstić information content (AvgIpc) is 3.42. The maximum absolute atomic E-state index is 12.9. The summed E-state index contributed by atoms with van der Waals surface area (Å²) in [6.07, 6.45) is 5.60. The van der Waals surface area contributed by atoms with Crippen LogP contribution in [0.25, 0.3) is 5.69 Å². The maximum atomic E-state index is 12.9. The van der Waals surface area contributed by atoms with Crippen molar-refractivity contribution in [1.82, 2.24) is 19.7 Å². The lowest BCUT2D eigenvalue weighted by Crippen LogP contribution is -2.28. The van der Waals surface area contributed by atoms with Gasteiger partial charge in [-0.1, -0.05) is 18.2 Å². The Kier molecular flexibility index (Phi) is 4.87. The second kappa shape index (κ2) is 7.61. The summed E-state index contributed by atoms with van der Waals surface area (Å²) in [5.41, 5.74) is 3.98. The Morgan fingerprint density at radius 2 is 1.81 bits per heavy atom. The number of aromatic nitrogens is 3. The van der Waals surface area contributed by atoms with Crippen LogP contribution < -0.4 is 4.90 Å². The van der Waals surface area contributed by atoms with E-state index in [1.165, 1.54) is 30.4 Å². The van der Waals surface area contributed by atoms with Gasteiger partial charge in [-0.15, -0.1) is 0 Å². The number of nitrogens with zero attached hydrogens (tertiary/aromatic N) is 5. The first kappa shape index (κ1) is 17.3. The SMILES string of the molecule is CN(Cc1ccccc1N1CCCC1)C(=O)c1ccc(-n2cncn2)cc1. The van der Waals surface area contributed by atoms with Gasteiger partial charge in [0.2, 0.25) is 0 Å². The molecule has 2 heterocycles. The Bertz CT molecular complexity index is 899. The van der Waals surface area contributed by atoms with Crippen LogP contribution in [0.4, 0.5) is 5.69 Å². The number of benzene rings is 2. The van der Waals surface area contributed by atoms with Crippen LogP contribution in [0.1, 0.15) is 28.8 Å². The van der Waals surface area contributed by atoms with E-state index in [4.69, 9.17) is 0 Å². The summed E-state index contributed by atoms with van der Waals surface area (Å²) in [7, 11) is 1.86. The molecule has 1 fully saturated rings. The minimum absolute atomic E-state index is 0.0105. The summed E-state index contributed by atoms with van der Waals surface area (Å²) < 4.78 is 1.67. The van der Waals surface area contributed by atoms with E-state index >= 15 is 0 Å². The van der Waals surface area contributed by atoms with Gasteiger partial charge >= 0.3 is 0 Å². The van der Waals surface area contributed by atoms with Gasteiger partial charge in [-0.2, -0.15) is 5.10 Å². The van der Waals surface area contributed by atoms with Gasteiger partial charge in [-0.05, 0) is 48.7 Å².